The number of nitro groups is 1. The van der Waals surface area contributed by atoms with E-state index >= 15 is 0 Å². The second kappa shape index (κ2) is 9.33. The van der Waals surface area contributed by atoms with Crippen LogP contribution in [-0.4, -0.2) is 46.4 Å². The lowest BCUT2D eigenvalue weighted by molar-refractivity contribution is -0.384. The van der Waals surface area contributed by atoms with Crippen LogP contribution in [-0.2, 0) is 16.0 Å². The summed E-state index contributed by atoms with van der Waals surface area (Å²) in [5, 5.41) is 23.3. The lowest BCUT2D eigenvalue weighted by atomic mass is 10.0. The lowest BCUT2D eigenvalue weighted by Gasteiger charge is -2.25. The first-order chi connectivity index (χ1) is 12.9. The second-order valence-electron chi connectivity index (χ2n) is 6.00. The van der Waals surface area contributed by atoms with Gasteiger partial charge in [-0.25, -0.2) is 4.79 Å². The molecule has 2 rings (SSSR count). The Bertz CT molecular complexity index is 810. The zero-order valence-corrected chi connectivity index (χ0v) is 14.9. The van der Waals surface area contributed by atoms with E-state index in [0.29, 0.717) is 5.69 Å². The average Bonchev–Trinajstić information content (AvgIpc) is 2.66. The summed E-state index contributed by atoms with van der Waals surface area (Å²) in [6.45, 7) is 0.158. The highest BCUT2D eigenvalue weighted by Gasteiger charge is 2.26. The number of amides is 1. The Hall–Kier alpha value is -3.42. The number of carbonyl (C=O) groups excluding carboxylic acids is 1. The highest BCUT2D eigenvalue weighted by molar-refractivity contribution is 5.84. The van der Waals surface area contributed by atoms with Crippen LogP contribution in [0.2, 0.25) is 0 Å². The first kappa shape index (κ1) is 19.9. The van der Waals surface area contributed by atoms with Gasteiger partial charge in [-0.3, -0.25) is 14.9 Å². The molecule has 0 radical (unpaired) electrons. The molecule has 0 aliphatic heterocycles. The molecule has 0 fully saturated rings. The number of hydrogen-bond donors (Lipinski definition) is 2. The van der Waals surface area contributed by atoms with Crippen molar-refractivity contribution in [2.45, 2.75) is 18.9 Å². The third kappa shape index (κ3) is 5.53. The molecule has 2 aromatic rings. The molecule has 0 saturated heterocycles. The van der Waals surface area contributed by atoms with Gasteiger partial charge in [0, 0.05) is 32.5 Å². The van der Waals surface area contributed by atoms with Gasteiger partial charge in [0.25, 0.3) is 5.69 Å². The van der Waals surface area contributed by atoms with Crippen molar-refractivity contribution < 1.29 is 19.6 Å². The largest absolute Gasteiger partial charge is 0.480 e. The summed E-state index contributed by atoms with van der Waals surface area (Å²) in [4.78, 5) is 35.6. The van der Waals surface area contributed by atoms with Gasteiger partial charge < -0.3 is 15.3 Å². The number of carboxylic acid groups (broad SMARTS) is 1. The Morgan fingerprint density at radius 2 is 1.78 bits per heavy atom. The van der Waals surface area contributed by atoms with Crippen LogP contribution in [0, 0.1) is 10.1 Å². The Labute approximate surface area is 156 Å². The van der Waals surface area contributed by atoms with Gasteiger partial charge in [0.05, 0.1) is 4.92 Å². The van der Waals surface area contributed by atoms with E-state index in [4.69, 9.17) is 0 Å². The smallest absolute Gasteiger partial charge is 0.326 e. The van der Waals surface area contributed by atoms with Gasteiger partial charge in [-0.05, 0) is 11.6 Å². The Morgan fingerprint density at radius 1 is 1.15 bits per heavy atom. The minimum atomic E-state index is -1.08. The Kier molecular flexibility index (Phi) is 6.87. The first-order valence-corrected chi connectivity index (χ1v) is 8.40. The number of nitro benzene ring substituents is 1. The molecule has 27 heavy (non-hydrogen) atoms. The molecule has 8 heteroatoms. The van der Waals surface area contributed by atoms with Gasteiger partial charge in [-0.2, -0.15) is 0 Å². The fourth-order valence-electron chi connectivity index (χ4n) is 2.66. The molecule has 0 aliphatic rings. The van der Waals surface area contributed by atoms with Gasteiger partial charge >= 0.3 is 5.97 Å². The highest BCUT2D eigenvalue weighted by Crippen LogP contribution is 2.23. The molecule has 0 aliphatic carbocycles. The summed E-state index contributed by atoms with van der Waals surface area (Å²) in [7, 11) is 1.45. The molecule has 0 spiro atoms. The van der Waals surface area contributed by atoms with Crippen LogP contribution >= 0.6 is 0 Å². The molecule has 142 valence electrons. The van der Waals surface area contributed by atoms with Crippen LogP contribution in [0.1, 0.15) is 12.0 Å². The van der Waals surface area contributed by atoms with Crippen LogP contribution in [0.5, 0.6) is 0 Å². The van der Waals surface area contributed by atoms with Crippen molar-refractivity contribution in [2.75, 3.05) is 18.9 Å². The molecular formula is C19H21N3O5. The van der Waals surface area contributed by atoms with Crippen LogP contribution in [0.25, 0.3) is 0 Å². The van der Waals surface area contributed by atoms with E-state index in [1.807, 2.05) is 30.3 Å². The maximum absolute atomic E-state index is 12.4. The molecule has 1 amide bonds. The van der Waals surface area contributed by atoms with Gasteiger partial charge in [0.1, 0.15) is 11.7 Å². The lowest BCUT2D eigenvalue weighted by Crippen LogP contribution is -2.44. The molecule has 8 nitrogen and oxygen atoms in total. The van der Waals surface area contributed by atoms with Crippen LogP contribution < -0.4 is 5.32 Å². The van der Waals surface area contributed by atoms with E-state index in [1.54, 1.807) is 18.2 Å². The third-order valence-corrected chi connectivity index (χ3v) is 4.17. The van der Waals surface area contributed by atoms with Crippen molar-refractivity contribution in [1.82, 2.24) is 4.90 Å². The normalized spacial score (nSPS) is 11.4. The zero-order chi connectivity index (χ0) is 19.8. The van der Waals surface area contributed by atoms with Crippen molar-refractivity contribution in [3.63, 3.8) is 0 Å². The summed E-state index contributed by atoms with van der Waals surface area (Å²) in [6.07, 6.45) is 0.219. The van der Waals surface area contributed by atoms with Gasteiger partial charge in [0.15, 0.2) is 0 Å². The minimum absolute atomic E-state index is 0.0150. The van der Waals surface area contributed by atoms with E-state index in [1.165, 1.54) is 18.0 Å². The molecule has 0 aromatic heterocycles. The molecule has 0 saturated carbocycles. The number of hydrogen-bond acceptors (Lipinski definition) is 5. The predicted molar refractivity (Wildman–Crippen MR) is 101 cm³/mol. The van der Waals surface area contributed by atoms with Crippen molar-refractivity contribution in [2.24, 2.45) is 0 Å². The maximum Gasteiger partial charge on any atom is 0.326 e. The number of aliphatic carboxylic acids is 1. The molecule has 0 bridgehead atoms. The number of rotatable bonds is 9. The van der Waals surface area contributed by atoms with E-state index in [-0.39, 0.29) is 31.0 Å². The number of nitrogens with one attached hydrogen (secondary N) is 1. The summed E-state index contributed by atoms with van der Waals surface area (Å²) in [6, 6.07) is 14.2. The Balaban J connectivity index is 1.95. The second-order valence-corrected chi connectivity index (χ2v) is 6.00. The minimum Gasteiger partial charge on any atom is -0.480 e. The standard InChI is InChI=1S/C19H21N3O5/c1-21(17(19(24)25)13-14-7-3-2-4-8-14)18(23)11-12-20-15-9-5-6-10-16(15)22(26)27/h2-10,17,20H,11-13H2,1H3,(H,24,25). The summed E-state index contributed by atoms with van der Waals surface area (Å²) in [5.41, 5.74) is 1.06. The number of benzene rings is 2. The quantitative estimate of drug-likeness (QED) is 0.517. The van der Waals surface area contributed by atoms with E-state index in [0.717, 1.165) is 5.56 Å². The van der Waals surface area contributed by atoms with E-state index in [9.17, 15) is 24.8 Å². The molecule has 0 heterocycles. The van der Waals surface area contributed by atoms with E-state index < -0.39 is 16.9 Å². The fraction of sp³-hybridized carbons (Fsp3) is 0.263. The monoisotopic (exact) mass is 371 g/mol. The van der Waals surface area contributed by atoms with Crippen molar-refractivity contribution in [1.29, 1.82) is 0 Å². The fourth-order valence-corrected chi connectivity index (χ4v) is 2.66. The summed E-state index contributed by atoms with van der Waals surface area (Å²) < 4.78 is 0. The number of anilines is 1. The molecule has 2 N–H and O–H groups in total. The van der Waals surface area contributed by atoms with Crippen molar-refractivity contribution in [3.05, 3.63) is 70.3 Å². The molecule has 1 unspecified atom stereocenters. The predicted octanol–water partition coefficient (Wildman–Crippen LogP) is 2.55. The number of likely N-dealkylation sites (N-methyl/N-ethyl adjacent to an activating group) is 1. The SMILES string of the molecule is CN(C(=O)CCNc1ccccc1[N+](=O)[O-])C(Cc1ccccc1)C(=O)O. The van der Waals surface area contributed by atoms with Crippen LogP contribution in [0.3, 0.4) is 0 Å². The topological polar surface area (TPSA) is 113 Å². The maximum atomic E-state index is 12.4. The third-order valence-electron chi connectivity index (χ3n) is 4.17. The van der Waals surface area contributed by atoms with Gasteiger partial charge in [-0.15, -0.1) is 0 Å². The number of carboxylic acids is 1. The number of carbonyl (C=O) groups is 2. The summed E-state index contributed by atoms with van der Waals surface area (Å²) >= 11 is 0. The van der Waals surface area contributed by atoms with Crippen molar-refractivity contribution >= 4 is 23.3 Å². The van der Waals surface area contributed by atoms with Gasteiger partial charge in [-0.1, -0.05) is 42.5 Å². The van der Waals surface area contributed by atoms with Crippen LogP contribution in [0.4, 0.5) is 11.4 Å². The van der Waals surface area contributed by atoms with E-state index in [2.05, 4.69) is 5.32 Å². The zero-order valence-electron chi connectivity index (χ0n) is 14.9. The summed E-state index contributed by atoms with van der Waals surface area (Å²) in [5.74, 6) is -1.44. The van der Waals surface area contributed by atoms with Crippen LogP contribution in [0.15, 0.2) is 54.6 Å². The number of para-hydroxylation sites is 2. The van der Waals surface area contributed by atoms with Crippen molar-refractivity contribution in [3.8, 4) is 0 Å². The van der Waals surface area contributed by atoms with Gasteiger partial charge in [0.2, 0.25) is 5.91 Å². The first-order valence-electron chi connectivity index (χ1n) is 8.40. The Morgan fingerprint density at radius 3 is 2.41 bits per heavy atom. The molecule has 2 aromatic carbocycles. The number of nitrogens with zero attached hydrogens (tertiary/aromatic N) is 2. The molecule has 1 atom stereocenters. The highest BCUT2D eigenvalue weighted by atomic mass is 16.6. The molecular weight excluding hydrogens is 350 g/mol. The average molecular weight is 371 g/mol.